The first-order valence-corrected chi connectivity index (χ1v) is 7.69. The maximum atomic E-state index is 5.84. The Balaban J connectivity index is 2.40. The van der Waals surface area contributed by atoms with Crippen molar-refractivity contribution in [2.24, 2.45) is 5.73 Å². The van der Waals surface area contributed by atoms with Gasteiger partial charge in [0.05, 0.1) is 11.0 Å². The van der Waals surface area contributed by atoms with E-state index in [1.165, 1.54) is 16.8 Å². The lowest BCUT2D eigenvalue weighted by atomic mass is 10.0. The van der Waals surface area contributed by atoms with Crippen molar-refractivity contribution in [1.82, 2.24) is 0 Å². The minimum atomic E-state index is 0.176. The van der Waals surface area contributed by atoms with Gasteiger partial charge in [0.1, 0.15) is 0 Å². The Labute approximate surface area is 132 Å². The average molecular weight is 298 g/mol. The lowest BCUT2D eigenvalue weighted by Gasteiger charge is -2.33. The van der Waals surface area contributed by atoms with Crippen molar-refractivity contribution in [3.05, 3.63) is 65.7 Å². The number of thiocarbonyl (C=S) groups is 1. The Morgan fingerprint density at radius 2 is 1.86 bits per heavy atom. The number of rotatable bonds is 6. The molecule has 21 heavy (non-hydrogen) atoms. The molecule has 2 aromatic carbocycles. The minimum Gasteiger partial charge on any atom is -0.393 e. The number of anilines is 1. The highest BCUT2D eigenvalue weighted by molar-refractivity contribution is 7.80. The van der Waals surface area contributed by atoms with E-state index in [0.29, 0.717) is 11.4 Å². The molecule has 0 saturated heterocycles. The molecule has 2 N–H and O–H groups in total. The molecule has 110 valence electrons. The molecule has 0 aliphatic carbocycles. The standard InChI is InChI=1S/C18H22N2S/c1-3-20(16-11-7-8-14(2)12-16)17(13-18(19)21)15-9-5-4-6-10-15/h4-12,17H,3,13H2,1-2H3,(H2,19,21). The van der Waals surface area contributed by atoms with Gasteiger partial charge in [-0.05, 0) is 37.1 Å². The quantitative estimate of drug-likeness (QED) is 0.809. The minimum absolute atomic E-state index is 0.176. The fourth-order valence-electron chi connectivity index (χ4n) is 2.66. The summed E-state index contributed by atoms with van der Waals surface area (Å²) in [6, 6.07) is 19.2. The zero-order chi connectivity index (χ0) is 15.2. The molecule has 1 unspecified atom stereocenters. The van der Waals surface area contributed by atoms with Crippen LogP contribution in [0.3, 0.4) is 0 Å². The summed E-state index contributed by atoms with van der Waals surface area (Å²) in [5, 5.41) is 0. The molecule has 0 aliphatic rings. The smallest absolute Gasteiger partial charge is 0.0751 e. The van der Waals surface area contributed by atoms with Crippen molar-refractivity contribution in [3.8, 4) is 0 Å². The van der Waals surface area contributed by atoms with E-state index in [-0.39, 0.29) is 6.04 Å². The number of benzene rings is 2. The van der Waals surface area contributed by atoms with Gasteiger partial charge in [0.15, 0.2) is 0 Å². The summed E-state index contributed by atoms with van der Waals surface area (Å²) >= 11 is 5.17. The molecule has 0 saturated carbocycles. The van der Waals surface area contributed by atoms with Crippen LogP contribution < -0.4 is 10.6 Å². The molecule has 1 atom stereocenters. The Hall–Kier alpha value is -1.87. The van der Waals surface area contributed by atoms with E-state index in [1.807, 2.05) is 6.07 Å². The van der Waals surface area contributed by atoms with Gasteiger partial charge in [-0.1, -0.05) is 54.7 Å². The van der Waals surface area contributed by atoms with Crippen molar-refractivity contribution in [1.29, 1.82) is 0 Å². The molecule has 0 aliphatic heterocycles. The van der Waals surface area contributed by atoms with E-state index in [0.717, 1.165) is 6.54 Å². The molecule has 2 nitrogen and oxygen atoms in total. The predicted molar refractivity (Wildman–Crippen MR) is 94.8 cm³/mol. The fourth-order valence-corrected chi connectivity index (χ4v) is 2.82. The summed E-state index contributed by atoms with van der Waals surface area (Å²) in [6.07, 6.45) is 0.682. The highest BCUT2D eigenvalue weighted by Gasteiger charge is 2.20. The second-order valence-corrected chi connectivity index (χ2v) is 5.75. The van der Waals surface area contributed by atoms with Gasteiger partial charge in [-0.15, -0.1) is 0 Å². The van der Waals surface area contributed by atoms with Gasteiger partial charge in [-0.25, -0.2) is 0 Å². The number of hydrogen-bond donors (Lipinski definition) is 1. The van der Waals surface area contributed by atoms with Crippen molar-refractivity contribution >= 4 is 22.9 Å². The molecule has 0 fully saturated rings. The first kappa shape index (κ1) is 15.5. The third-order valence-corrected chi connectivity index (χ3v) is 3.80. The first-order chi connectivity index (χ1) is 10.1. The number of aryl methyl sites for hydroxylation is 1. The van der Waals surface area contributed by atoms with Crippen LogP contribution in [0.5, 0.6) is 0 Å². The van der Waals surface area contributed by atoms with Crippen LogP contribution in [0.25, 0.3) is 0 Å². The Kier molecular flexibility index (Phi) is 5.34. The molecule has 3 heteroatoms. The van der Waals surface area contributed by atoms with E-state index in [4.69, 9.17) is 18.0 Å². The number of hydrogen-bond acceptors (Lipinski definition) is 2. The van der Waals surface area contributed by atoms with Crippen molar-refractivity contribution < 1.29 is 0 Å². The fraction of sp³-hybridized carbons (Fsp3) is 0.278. The van der Waals surface area contributed by atoms with E-state index in [1.54, 1.807) is 0 Å². The molecule has 2 aromatic rings. The van der Waals surface area contributed by atoms with Crippen LogP contribution in [0.4, 0.5) is 5.69 Å². The van der Waals surface area contributed by atoms with Gasteiger partial charge in [0.25, 0.3) is 0 Å². The van der Waals surface area contributed by atoms with Gasteiger partial charge in [-0.3, -0.25) is 0 Å². The highest BCUT2D eigenvalue weighted by atomic mass is 32.1. The normalized spacial score (nSPS) is 11.9. The van der Waals surface area contributed by atoms with Crippen LogP contribution in [-0.4, -0.2) is 11.5 Å². The van der Waals surface area contributed by atoms with Crippen LogP contribution in [0.1, 0.15) is 30.5 Å². The van der Waals surface area contributed by atoms with E-state index in [9.17, 15) is 0 Å². The monoisotopic (exact) mass is 298 g/mol. The maximum absolute atomic E-state index is 5.84. The summed E-state index contributed by atoms with van der Waals surface area (Å²) in [4.78, 5) is 2.91. The largest absolute Gasteiger partial charge is 0.393 e. The van der Waals surface area contributed by atoms with Gasteiger partial charge < -0.3 is 10.6 Å². The summed E-state index contributed by atoms with van der Waals surface area (Å²) in [7, 11) is 0. The average Bonchev–Trinajstić information content (AvgIpc) is 2.48. The summed E-state index contributed by atoms with van der Waals surface area (Å²) in [6.45, 7) is 5.19. The van der Waals surface area contributed by atoms with E-state index < -0.39 is 0 Å². The van der Waals surface area contributed by atoms with Gasteiger partial charge >= 0.3 is 0 Å². The lowest BCUT2D eigenvalue weighted by Crippen LogP contribution is -2.31. The molecule has 2 rings (SSSR count). The second kappa shape index (κ2) is 7.23. The predicted octanol–water partition coefficient (Wildman–Crippen LogP) is 4.24. The Bertz CT molecular complexity index is 595. The summed E-state index contributed by atoms with van der Waals surface area (Å²) in [5.74, 6) is 0. The van der Waals surface area contributed by atoms with E-state index in [2.05, 4.69) is 67.3 Å². The van der Waals surface area contributed by atoms with Crippen LogP contribution in [-0.2, 0) is 0 Å². The molecular formula is C18H22N2S. The van der Waals surface area contributed by atoms with Crippen molar-refractivity contribution in [2.45, 2.75) is 26.3 Å². The summed E-state index contributed by atoms with van der Waals surface area (Å²) in [5.41, 5.74) is 9.55. The molecule has 0 amide bonds. The molecule has 0 spiro atoms. The van der Waals surface area contributed by atoms with Gasteiger partial charge in [0, 0.05) is 18.7 Å². The maximum Gasteiger partial charge on any atom is 0.0751 e. The molecular weight excluding hydrogens is 276 g/mol. The number of nitrogens with two attached hydrogens (primary N) is 1. The third-order valence-electron chi connectivity index (χ3n) is 3.63. The van der Waals surface area contributed by atoms with Gasteiger partial charge in [-0.2, -0.15) is 0 Å². The summed E-state index contributed by atoms with van der Waals surface area (Å²) < 4.78 is 0. The lowest BCUT2D eigenvalue weighted by molar-refractivity contribution is 0.657. The second-order valence-electron chi connectivity index (χ2n) is 5.22. The van der Waals surface area contributed by atoms with Crippen LogP contribution >= 0.6 is 12.2 Å². The zero-order valence-electron chi connectivity index (χ0n) is 12.6. The third kappa shape index (κ3) is 4.05. The highest BCUT2D eigenvalue weighted by Crippen LogP contribution is 2.30. The van der Waals surface area contributed by atoms with Crippen molar-refractivity contribution in [2.75, 3.05) is 11.4 Å². The van der Waals surface area contributed by atoms with Crippen LogP contribution in [0.2, 0.25) is 0 Å². The zero-order valence-corrected chi connectivity index (χ0v) is 13.4. The van der Waals surface area contributed by atoms with Crippen molar-refractivity contribution in [3.63, 3.8) is 0 Å². The van der Waals surface area contributed by atoms with Crippen LogP contribution in [0.15, 0.2) is 54.6 Å². The Morgan fingerprint density at radius 1 is 1.14 bits per heavy atom. The van der Waals surface area contributed by atoms with E-state index >= 15 is 0 Å². The molecule has 0 radical (unpaired) electrons. The molecule has 0 aromatic heterocycles. The Morgan fingerprint density at radius 3 is 2.43 bits per heavy atom. The topological polar surface area (TPSA) is 29.3 Å². The first-order valence-electron chi connectivity index (χ1n) is 7.28. The number of nitrogens with zero attached hydrogens (tertiary/aromatic N) is 1. The molecule has 0 heterocycles. The molecule has 0 bridgehead atoms. The van der Waals surface area contributed by atoms with Gasteiger partial charge in [0.2, 0.25) is 0 Å². The SMILES string of the molecule is CCN(c1cccc(C)c1)C(CC(N)=S)c1ccccc1. The van der Waals surface area contributed by atoms with Crippen LogP contribution in [0, 0.1) is 6.92 Å².